The Kier molecular flexibility index (Phi) is 3.91. The largest absolute Gasteiger partial charge is 0.377 e. The molecule has 0 spiro atoms. The lowest BCUT2D eigenvalue weighted by molar-refractivity contribution is -0.384. The Balaban J connectivity index is 1.80. The van der Waals surface area contributed by atoms with E-state index >= 15 is 0 Å². The molecule has 0 saturated heterocycles. The predicted octanol–water partition coefficient (Wildman–Crippen LogP) is 5.80. The summed E-state index contributed by atoms with van der Waals surface area (Å²) in [7, 11) is 0. The van der Waals surface area contributed by atoms with Crippen molar-refractivity contribution in [2.45, 2.75) is 32.2 Å². The van der Waals surface area contributed by atoms with Crippen LogP contribution in [0.3, 0.4) is 0 Å². The van der Waals surface area contributed by atoms with Gasteiger partial charge in [-0.2, -0.15) is 0 Å². The number of nitro benzene ring substituents is 1. The van der Waals surface area contributed by atoms with Crippen LogP contribution in [-0.2, 0) is 0 Å². The molecule has 0 saturated carbocycles. The number of rotatable bonds is 2. The van der Waals surface area contributed by atoms with E-state index in [0.717, 1.165) is 22.1 Å². The van der Waals surface area contributed by atoms with Gasteiger partial charge >= 0.3 is 0 Å². The summed E-state index contributed by atoms with van der Waals surface area (Å²) < 4.78 is 1.08. The van der Waals surface area contributed by atoms with Crippen molar-refractivity contribution in [2.24, 2.45) is 5.92 Å². The third-order valence-corrected chi connectivity index (χ3v) is 6.21. The molecule has 25 heavy (non-hydrogen) atoms. The molecule has 0 amide bonds. The van der Waals surface area contributed by atoms with Crippen molar-refractivity contribution in [3.05, 3.63) is 79.3 Å². The summed E-state index contributed by atoms with van der Waals surface area (Å²) in [5.74, 6) is 0.814. The van der Waals surface area contributed by atoms with Gasteiger partial charge in [0.2, 0.25) is 0 Å². The van der Waals surface area contributed by atoms with E-state index < -0.39 is 0 Å². The van der Waals surface area contributed by atoms with Gasteiger partial charge < -0.3 is 5.32 Å². The van der Waals surface area contributed by atoms with Gasteiger partial charge in [-0.25, -0.2) is 0 Å². The van der Waals surface area contributed by atoms with Gasteiger partial charge in [-0.3, -0.25) is 10.1 Å². The van der Waals surface area contributed by atoms with E-state index in [1.165, 1.54) is 16.7 Å². The maximum absolute atomic E-state index is 10.9. The first kappa shape index (κ1) is 16.3. The van der Waals surface area contributed by atoms with Gasteiger partial charge in [-0.1, -0.05) is 24.3 Å². The van der Waals surface area contributed by atoms with Gasteiger partial charge in [-0.15, -0.1) is 0 Å². The van der Waals surface area contributed by atoms with Crippen molar-refractivity contribution in [3.8, 4) is 0 Å². The van der Waals surface area contributed by atoms with Crippen LogP contribution in [0.15, 0.2) is 47.0 Å². The zero-order valence-corrected chi connectivity index (χ0v) is 15.7. The van der Waals surface area contributed by atoms with Crippen LogP contribution in [0.25, 0.3) is 0 Å². The molecule has 1 heterocycles. The molecule has 1 aliphatic carbocycles. The van der Waals surface area contributed by atoms with Crippen molar-refractivity contribution in [1.82, 2.24) is 0 Å². The first-order valence-corrected chi connectivity index (χ1v) is 9.24. The molecule has 2 aromatic rings. The summed E-state index contributed by atoms with van der Waals surface area (Å²) in [6.07, 6.45) is 5.60. The molecule has 5 heteroatoms. The molecule has 0 bridgehead atoms. The SMILES string of the molecule is Cc1cc(Br)c2c(c1C)C1C=CCC1C(c1ccc([N+](=O)[O-])cc1)N2. The fourth-order valence-electron chi connectivity index (χ4n) is 4.18. The monoisotopic (exact) mass is 398 g/mol. The Morgan fingerprint density at radius 3 is 2.64 bits per heavy atom. The minimum atomic E-state index is -0.351. The first-order chi connectivity index (χ1) is 12.0. The van der Waals surface area contributed by atoms with Gasteiger partial charge in [-0.05, 0) is 70.4 Å². The van der Waals surface area contributed by atoms with E-state index in [4.69, 9.17) is 0 Å². The maximum atomic E-state index is 10.9. The maximum Gasteiger partial charge on any atom is 0.269 e. The summed E-state index contributed by atoms with van der Waals surface area (Å²) >= 11 is 3.72. The number of aryl methyl sites for hydroxylation is 1. The third kappa shape index (κ3) is 2.58. The fourth-order valence-corrected chi connectivity index (χ4v) is 4.86. The second-order valence-electron chi connectivity index (χ2n) is 6.91. The Morgan fingerprint density at radius 2 is 1.96 bits per heavy atom. The van der Waals surface area contributed by atoms with Gasteiger partial charge in [0.25, 0.3) is 5.69 Å². The molecule has 1 N–H and O–H groups in total. The van der Waals surface area contributed by atoms with Gasteiger partial charge in [0.15, 0.2) is 0 Å². The number of nitrogens with one attached hydrogen (secondary N) is 1. The second-order valence-corrected chi connectivity index (χ2v) is 7.77. The van der Waals surface area contributed by atoms with Crippen LogP contribution in [0, 0.1) is 29.9 Å². The number of nitro groups is 1. The number of anilines is 1. The topological polar surface area (TPSA) is 55.2 Å². The van der Waals surface area contributed by atoms with Crippen molar-refractivity contribution < 1.29 is 4.92 Å². The molecule has 2 aliphatic rings. The molecule has 0 fully saturated rings. The molecule has 128 valence electrons. The molecule has 4 rings (SSSR count). The summed E-state index contributed by atoms with van der Waals surface area (Å²) in [6, 6.07) is 9.26. The van der Waals surface area contributed by atoms with Crippen LogP contribution in [0.4, 0.5) is 11.4 Å². The lowest BCUT2D eigenvalue weighted by atomic mass is 9.75. The van der Waals surface area contributed by atoms with Crippen LogP contribution in [0.2, 0.25) is 0 Å². The third-order valence-electron chi connectivity index (χ3n) is 5.58. The van der Waals surface area contributed by atoms with E-state index in [9.17, 15) is 10.1 Å². The van der Waals surface area contributed by atoms with Gasteiger partial charge in [0.1, 0.15) is 0 Å². The number of nitrogens with zero attached hydrogens (tertiary/aromatic N) is 1. The quantitative estimate of drug-likeness (QED) is 0.395. The predicted molar refractivity (Wildman–Crippen MR) is 103 cm³/mol. The molecule has 0 radical (unpaired) electrons. The van der Waals surface area contributed by atoms with E-state index in [0.29, 0.717) is 11.8 Å². The van der Waals surface area contributed by atoms with E-state index in [2.05, 4.69) is 53.3 Å². The van der Waals surface area contributed by atoms with Gasteiger partial charge in [0.05, 0.1) is 16.7 Å². The fraction of sp³-hybridized carbons (Fsp3) is 0.300. The molecule has 1 aliphatic heterocycles. The Bertz CT molecular complexity index is 890. The lowest BCUT2D eigenvalue weighted by Gasteiger charge is -2.39. The summed E-state index contributed by atoms with van der Waals surface area (Å²) in [5, 5.41) is 14.6. The van der Waals surface area contributed by atoms with Crippen LogP contribution in [-0.4, -0.2) is 4.92 Å². The van der Waals surface area contributed by atoms with Crippen LogP contribution in [0.5, 0.6) is 0 Å². The number of halogens is 1. The van der Waals surface area contributed by atoms with Crippen LogP contribution < -0.4 is 5.32 Å². The Labute approximate surface area is 155 Å². The minimum absolute atomic E-state index is 0.133. The number of fused-ring (bicyclic) bond motifs is 3. The zero-order chi connectivity index (χ0) is 17.7. The number of benzene rings is 2. The number of hydrogen-bond donors (Lipinski definition) is 1. The van der Waals surface area contributed by atoms with Gasteiger partial charge in [0, 0.05) is 22.5 Å². The van der Waals surface area contributed by atoms with Crippen LogP contribution in [0.1, 0.15) is 40.6 Å². The van der Waals surface area contributed by atoms with Crippen LogP contribution >= 0.6 is 15.9 Å². The Morgan fingerprint density at radius 1 is 1.24 bits per heavy atom. The van der Waals surface area contributed by atoms with E-state index in [-0.39, 0.29) is 16.7 Å². The normalized spacial score (nSPS) is 23.7. The number of non-ortho nitro benzene ring substituents is 1. The molecule has 4 nitrogen and oxygen atoms in total. The molecule has 0 aromatic heterocycles. The first-order valence-electron chi connectivity index (χ1n) is 8.44. The highest BCUT2D eigenvalue weighted by Crippen LogP contribution is 2.53. The minimum Gasteiger partial charge on any atom is -0.377 e. The highest BCUT2D eigenvalue weighted by atomic mass is 79.9. The second kappa shape index (κ2) is 5.99. The lowest BCUT2D eigenvalue weighted by Crippen LogP contribution is -2.30. The number of hydrogen-bond acceptors (Lipinski definition) is 3. The molecular weight excluding hydrogens is 380 g/mol. The van der Waals surface area contributed by atoms with Crippen molar-refractivity contribution in [3.63, 3.8) is 0 Å². The molecule has 3 atom stereocenters. The van der Waals surface area contributed by atoms with Crippen molar-refractivity contribution >= 4 is 27.3 Å². The highest BCUT2D eigenvalue weighted by Gasteiger charge is 2.39. The molecule has 2 aromatic carbocycles. The summed E-state index contributed by atoms with van der Waals surface area (Å²) in [5.41, 5.74) is 6.39. The van der Waals surface area contributed by atoms with E-state index in [1.54, 1.807) is 12.1 Å². The summed E-state index contributed by atoms with van der Waals surface area (Å²) in [4.78, 5) is 10.6. The van der Waals surface area contributed by atoms with E-state index in [1.807, 2.05) is 12.1 Å². The smallest absolute Gasteiger partial charge is 0.269 e. The zero-order valence-electron chi connectivity index (χ0n) is 14.1. The average molecular weight is 399 g/mol. The Hall–Kier alpha value is -2.14. The highest BCUT2D eigenvalue weighted by molar-refractivity contribution is 9.10. The summed E-state index contributed by atoms with van der Waals surface area (Å²) in [6.45, 7) is 4.34. The van der Waals surface area contributed by atoms with Crippen molar-refractivity contribution in [2.75, 3.05) is 5.32 Å². The standard InChI is InChI=1S/C20H19BrN2O2/c1-11-10-17(21)20-18(12(11)2)15-4-3-5-16(15)19(22-20)13-6-8-14(9-7-13)23(24)25/h3-4,6-10,15-16,19,22H,5H2,1-2H3. The molecule has 3 unspecified atom stereocenters. The van der Waals surface area contributed by atoms with Crippen molar-refractivity contribution in [1.29, 1.82) is 0 Å². The average Bonchev–Trinajstić information content (AvgIpc) is 3.08. The number of allylic oxidation sites excluding steroid dienone is 2. The molecular formula is C20H19BrN2O2.